The minimum atomic E-state index is -0.823. The third-order valence-corrected chi connectivity index (χ3v) is 2.80. The molecule has 0 aromatic carbocycles. The van der Waals surface area contributed by atoms with Crippen LogP contribution in [0.1, 0.15) is 50.7 Å². The molecule has 0 saturated carbocycles. The van der Waals surface area contributed by atoms with Crippen LogP contribution in [0.2, 0.25) is 0 Å². The summed E-state index contributed by atoms with van der Waals surface area (Å²) in [5.74, 6) is 0.131. The number of unbranched alkanes of at least 4 members (excludes halogenated alkanes) is 2. The Balaban J connectivity index is 0.00000324. The normalized spacial score (nSPS) is 13.5. The molecule has 6 N–H and O–H groups in total. The van der Waals surface area contributed by atoms with E-state index in [1.54, 1.807) is 13.1 Å². The smallest absolute Gasteiger partial charge is 0.173 e. The van der Waals surface area contributed by atoms with Gasteiger partial charge in [-0.3, -0.25) is 4.79 Å². The van der Waals surface area contributed by atoms with Gasteiger partial charge in [0.15, 0.2) is 11.6 Å². The Morgan fingerprint density at radius 3 is 2.63 bits per heavy atom. The second kappa shape index (κ2) is 8.68. The van der Waals surface area contributed by atoms with E-state index in [1.807, 2.05) is 6.07 Å². The molecule has 1 heterocycles. The third-order valence-electron chi connectivity index (χ3n) is 2.80. The number of aryl methyl sites for hydroxylation is 1. The van der Waals surface area contributed by atoms with Gasteiger partial charge in [-0.15, -0.1) is 0 Å². The molecule has 1 rings (SSSR count). The van der Waals surface area contributed by atoms with Crippen molar-refractivity contribution in [2.24, 2.45) is 11.5 Å². The second-order valence-electron chi connectivity index (χ2n) is 4.53. The summed E-state index contributed by atoms with van der Waals surface area (Å²) in [6.45, 7) is 3.77. The van der Waals surface area contributed by atoms with Gasteiger partial charge in [0.25, 0.3) is 0 Å². The van der Waals surface area contributed by atoms with Crippen molar-refractivity contribution < 1.29 is 10.3 Å². The number of aromatic nitrogens is 2. The lowest BCUT2D eigenvalue weighted by Crippen LogP contribution is -2.36. The maximum atomic E-state index is 11.7. The van der Waals surface area contributed by atoms with E-state index in [4.69, 9.17) is 11.5 Å². The van der Waals surface area contributed by atoms with Gasteiger partial charge in [-0.2, -0.15) is 0 Å². The van der Waals surface area contributed by atoms with Gasteiger partial charge in [-0.05, 0) is 25.8 Å². The van der Waals surface area contributed by atoms with Crippen molar-refractivity contribution in [1.29, 1.82) is 0 Å². The summed E-state index contributed by atoms with van der Waals surface area (Å²) in [7, 11) is 0. The van der Waals surface area contributed by atoms with Gasteiger partial charge < -0.3 is 16.9 Å². The highest BCUT2D eigenvalue weighted by atomic mass is 16.1. The maximum absolute atomic E-state index is 11.7. The fourth-order valence-electron chi connectivity index (χ4n) is 1.67. The van der Waals surface area contributed by atoms with Gasteiger partial charge in [0.1, 0.15) is 6.04 Å². The fraction of sp³-hybridized carbons (Fsp3) is 0.615. The minimum Gasteiger partial charge on any atom is -0.412 e. The van der Waals surface area contributed by atoms with Crippen molar-refractivity contribution in [1.82, 2.24) is 9.97 Å². The SMILES string of the molecule is CCCCCc1ccnc(C(N)C(=O)C(C)N)n1.O. The van der Waals surface area contributed by atoms with Crippen LogP contribution in [-0.2, 0) is 11.2 Å². The van der Waals surface area contributed by atoms with E-state index in [0.717, 1.165) is 18.5 Å². The molecular weight excluding hydrogens is 244 g/mol. The molecule has 0 amide bonds. The Labute approximate surface area is 113 Å². The van der Waals surface area contributed by atoms with Crippen LogP contribution in [0.3, 0.4) is 0 Å². The van der Waals surface area contributed by atoms with E-state index in [0.29, 0.717) is 5.82 Å². The standard InChI is InChI=1S/C13H22N4O.H2O/c1-3-4-5-6-10-7-8-16-13(17-10)11(15)12(18)9(2)14;/h7-9,11H,3-6,14-15H2,1-2H3;1H2. The molecule has 0 bridgehead atoms. The van der Waals surface area contributed by atoms with Gasteiger partial charge in [0, 0.05) is 11.9 Å². The summed E-state index contributed by atoms with van der Waals surface area (Å²) in [5.41, 5.74) is 12.3. The van der Waals surface area contributed by atoms with Crippen molar-refractivity contribution >= 4 is 5.78 Å². The van der Waals surface area contributed by atoms with Crippen molar-refractivity contribution in [3.05, 3.63) is 23.8 Å². The predicted octanol–water partition coefficient (Wildman–Crippen LogP) is 0.301. The number of rotatable bonds is 7. The highest BCUT2D eigenvalue weighted by Crippen LogP contribution is 2.09. The number of nitrogens with zero attached hydrogens (tertiary/aromatic N) is 2. The van der Waals surface area contributed by atoms with Crippen LogP contribution in [0.15, 0.2) is 12.3 Å². The number of carbonyl (C=O) groups is 1. The number of hydrogen-bond donors (Lipinski definition) is 2. The van der Waals surface area contributed by atoms with Gasteiger partial charge in [-0.25, -0.2) is 9.97 Å². The highest BCUT2D eigenvalue weighted by Gasteiger charge is 2.21. The molecular formula is C13H24N4O2. The zero-order valence-electron chi connectivity index (χ0n) is 11.6. The van der Waals surface area contributed by atoms with Crippen LogP contribution in [0.25, 0.3) is 0 Å². The number of carbonyl (C=O) groups excluding carboxylic acids is 1. The van der Waals surface area contributed by atoms with Crippen molar-refractivity contribution in [3.8, 4) is 0 Å². The van der Waals surface area contributed by atoms with Crippen molar-refractivity contribution in [2.75, 3.05) is 0 Å². The van der Waals surface area contributed by atoms with Gasteiger partial charge >= 0.3 is 0 Å². The first-order chi connectivity index (χ1) is 8.56. The summed E-state index contributed by atoms with van der Waals surface area (Å²) < 4.78 is 0. The lowest BCUT2D eigenvalue weighted by atomic mass is 10.1. The van der Waals surface area contributed by atoms with Crippen LogP contribution >= 0.6 is 0 Å². The number of hydrogen-bond acceptors (Lipinski definition) is 5. The molecule has 2 unspecified atom stereocenters. The average Bonchev–Trinajstić information content (AvgIpc) is 2.37. The number of ketones is 1. The number of nitrogens with two attached hydrogens (primary N) is 2. The quantitative estimate of drug-likeness (QED) is 0.688. The average molecular weight is 268 g/mol. The van der Waals surface area contributed by atoms with E-state index in [1.165, 1.54) is 12.8 Å². The summed E-state index contributed by atoms with van der Waals surface area (Å²) in [4.78, 5) is 20.1. The Kier molecular flexibility index (Phi) is 8.06. The zero-order chi connectivity index (χ0) is 13.5. The summed E-state index contributed by atoms with van der Waals surface area (Å²) >= 11 is 0. The molecule has 6 nitrogen and oxygen atoms in total. The Hall–Kier alpha value is -1.37. The molecule has 0 saturated heterocycles. The van der Waals surface area contributed by atoms with Gasteiger partial charge in [0.05, 0.1) is 6.04 Å². The lowest BCUT2D eigenvalue weighted by Gasteiger charge is -2.12. The minimum absolute atomic E-state index is 0. The lowest BCUT2D eigenvalue weighted by molar-refractivity contribution is -0.121. The molecule has 108 valence electrons. The van der Waals surface area contributed by atoms with E-state index < -0.39 is 12.1 Å². The number of Topliss-reactive ketones (excluding diaryl/α,β-unsaturated/α-hetero) is 1. The molecule has 0 aliphatic heterocycles. The highest BCUT2D eigenvalue weighted by molar-refractivity contribution is 5.88. The Bertz CT molecular complexity index is 396. The van der Waals surface area contributed by atoms with E-state index >= 15 is 0 Å². The molecule has 1 aromatic heterocycles. The Morgan fingerprint density at radius 1 is 1.37 bits per heavy atom. The van der Waals surface area contributed by atoms with Gasteiger partial charge in [-0.1, -0.05) is 19.8 Å². The summed E-state index contributed by atoms with van der Waals surface area (Å²) in [6, 6.07) is 0.450. The molecule has 0 spiro atoms. The van der Waals surface area contributed by atoms with Crippen LogP contribution in [0.4, 0.5) is 0 Å². The van der Waals surface area contributed by atoms with Crippen LogP contribution in [-0.4, -0.2) is 27.3 Å². The first-order valence-corrected chi connectivity index (χ1v) is 6.43. The second-order valence-corrected chi connectivity index (χ2v) is 4.53. The molecule has 0 aliphatic rings. The van der Waals surface area contributed by atoms with Crippen LogP contribution in [0, 0.1) is 0 Å². The topological polar surface area (TPSA) is 126 Å². The molecule has 0 fully saturated rings. The first kappa shape index (κ1) is 17.6. The molecule has 0 radical (unpaired) electrons. The maximum Gasteiger partial charge on any atom is 0.173 e. The van der Waals surface area contributed by atoms with E-state index in [-0.39, 0.29) is 11.3 Å². The van der Waals surface area contributed by atoms with Crippen molar-refractivity contribution in [3.63, 3.8) is 0 Å². The van der Waals surface area contributed by atoms with E-state index in [9.17, 15) is 4.79 Å². The van der Waals surface area contributed by atoms with Crippen LogP contribution < -0.4 is 11.5 Å². The van der Waals surface area contributed by atoms with E-state index in [2.05, 4.69) is 16.9 Å². The monoisotopic (exact) mass is 268 g/mol. The predicted molar refractivity (Wildman–Crippen MR) is 74.5 cm³/mol. The van der Waals surface area contributed by atoms with Crippen LogP contribution in [0.5, 0.6) is 0 Å². The molecule has 19 heavy (non-hydrogen) atoms. The molecule has 0 aliphatic carbocycles. The molecule has 2 atom stereocenters. The summed E-state index contributed by atoms with van der Waals surface area (Å²) in [5, 5.41) is 0. The molecule has 6 heteroatoms. The third kappa shape index (κ3) is 5.42. The zero-order valence-corrected chi connectivity index (χ0v) is 11.6. The van der Waals surface area contributed by atoms with Crippen molar-refractivity contribution in [2.45, 2.75) is 51.6 Å². The Morgan fingerprint density at radius 2 is 2.05 bits per heavy atom. The first-order valence-electron chi connectivity index (χ1n) is 6.43. The van der Waals surface area contributed by atoms with Gasteiger partial charge in [0.2, 0.25) is 0 Å². The molecule has 1 aromatic rings. The largest absolute Gasteiger partial charge is 0.412 e. The summed E-state index contributed by atoms with van der Waals surface area (Å²) in [6.07, 6.45) is 5.97. The fourth-order valence-corrected chi connectivity index (χ4v) is 1.67.